The Morgan fingerprint density at radius 1 is 1.00 bits per heavy atom. The van der Waals surface area contributed by atoms with Crippen LogP contribution in [0.4, 0.5) is 10.5 Å². The van der Waals surface area contributed by atoms with Gasteiger partial charge in [0.15, 0.2) is 11.5 Å². The number of alkyl carbamates (subject to hydrolysis) is 1. The summed E-state index contributed by atoms with van der Waals surface area (Å²) in [4.78, 5) is 36.3. The molecule has 2 amide bonds. The minimum Gasteiger partial charge on any atom is -0.493 e. The molecule has 9 nitrogen and oxygen atoms in total. The summed E-state index contributed by atoms with van der Waals surface area (Å²) in [7, 11) is 3.08. The molecule has 0 unspecified atom stereocenters. The average molecular weight is 497 g/mol. The number of hydrogen-bond donors (Lipinski definition) is 2. The molecule has 2 N–H and O–H groups in total. The Morgan fingerprint density at radius 2 is 1.67 bits per heavy atom. The molecule has 192 valence electrons. The van der Waals surface area contributed by atoms with Crippen molar-refractivity contribution < 1.29 is 33.3 Å². The third kappa shape index (κ3) is 7.24. The highest BCUT2D eigenvalue weighted by molar-refractivity contribution is 6.35. The predicted molar refractivity (Wildman–Crippen MR) is 136 cm³/mol. The van der Waals surface area contributed by atoms with Crippen molar-refractivity contribution in [2.24, 2.45) is 0 Å². The molecular formula is C27H32N2O7. The molecule has 2 aromatic carbocycles. The largest absolute Gasteiger partial charge is 0.493 e. The van der Waals surface area contributed by atoms with Gasteiger partial charge in [-0.15, -0.1) is 0 Å². The van der Waals surface area contributed by atoms with Gasteiger partial charge in [-0.25, -0.2) is 4.79 Å². The van der Waals surface area contributed by atoms with E-state index in [-0.39, 0.29) is 18.3 Å². The van der Waals surface area contributed by atoms with E-state index in [0.29, 0.717) is 53.5 Å². The van der Waals surface area contributed by atoms with Crippen molar-refractivity contribution in [3.8, 4) is 17.2 Å². The molecule has 0 fully saturated rings. The molecule has 0 saturated heterocycles. The zero-order chi connectivity index (χ0) is 26.3. The molecule has 3 rings (SSSR count). The first kappa shape index (κ1) is 26.6. The Bertz CT molecular complexity index is 1150. The van der Waals surface area contributed by atoms with Gasteiger partial charge in [-0.05, 0) is 63.5 Å². The van der Waals surface area contributed by atoms with Crippen LogP contribution in [-0.2, 0) is 14.3 Å². The molecule has 0 aliphatic carbocycles. The van der Waals surface area contributed by atoms with Crippen LogP contribution in [0.2, 0.25) is 0 Å². The number of nitrogens with one attached hydrogen (secondary N) is 2. The van der Waals surface area contributed by atoms with Crippen molar-refractivity contribution in [1.29, 1.82) is 0 Å². The van der Waals surface area contributed by atoms with Crippen LogP contribution in [0.3, 0.4) is 0 Å². The Balaban J connectivity index is 1.52. The normalized spacial score (nSPS) is 13.6. The van der Waals surface area contributed by atoms with Gasteiger partial charge in [0.25, 0.3) is 5.91 Å². The number of anilines is 1. The van der Waals surface area contributed by atoms with Crippen LogP contribution >= 0.6 is 0 Å². The number of hydrogen-bond acceptors (Lipinski definition) is 7. The van der Waals surface area contributed by atoms with Crippen LogP contribution in [-0.4, -0.2) is 44.3 Å². The monoisotopic (exact) mass is 496 g/mol. The molecule has 36 heavy (non-hydrogen) atoms. The summed E-state index contributed by atoms with van der Waals surface area (Å²) in [5, 5.41) is 5.49. The Hall–Kier alpha value is -4.01. The fourth-order valence-electron chi connectivity index (χ4n) is 3.54. The summed E-state index contributed by atoms with van der Waals surface area (Å²) in [5.41, 5.74) is 2.09. The van der Waals surface area contributed by atoms with Gasteiger partial charge >= 0.3 is 12.1 Å². The molecule has 0 atom stereocenters. The summed E-state index contributed by atoms with van der Waals surface area (Å²) in [6.07, 6.45) is 2.71. The second kappa shape index (κ2) is 11.6. The van der Waals surface area contributed by atoms with E-state index in [1.54, 1.807) is 70.4 Å². The van der Waals surface area contributed by atoms with Crippen molar-refractivity contribution in [3.05, 3.63) is 47.5 Å². The van der Waals surface area contributed by atoms with E-state index < -0.39 is 11.7 Å². The minimum atomic E-state index is -0.546. The maximum atomic E-state index is 12.5. The summed E-state index contributed by atoms with van der Waals surface area (Å²) in [6, 6.07) is 10.4. The zero-order valence-electron chi connectivity index (χ0n) is 21.2. The third-order valence-electron chi connectivity index (χ3n) is 5.21. The first-order valence-corrected chi connectivity index (χ1v) is 11.7. The number of rotatable bonds is 9. The number of carbonyl (C=O) groups excluding carboxylic acids is 3. The third-order valence-corrected chi connectivity index (χ3v) is 5.21. The summed E-state index contributed by atoms with van der Waals surface area (Å²) in [5.74, 6) is 0.891. The Morgan fingerprint density at radius 3 is 2.31 bits per heavy atom. The minimum absolute atomic E-state index is 0.225. The van der Waals surface area contributed by atoms with Gasteiger partial charge in [0.05, 0.1) is 19.9 Å². The Labute approximate surface area is 210 Å². The summed E-state index contributed by atoms with van der Waals surface area (Å²) < 4.78 is 21.2. The maximum Gasteiger partial charge on any atom is 0.407 e. The number of methoxy groups -OCH3 is 2. The smallest absolute Gasteiger partial charge is 0.407 e. The molecule has 0 saturated carbocycles. The molecule has 2 aromatic rings. The number of unbranched alkanes of at least 4 members (excludes halogenated alkanes) is 1. The molecule has 0 spiro atoms. The second-order valence-electron chi connectivity index (χ2n) is 9.19. The van der Waals surface area contributed by atoms with E-state index >= 15 is 0 Å². The quantitative estimate of drug-likeness (QED) is 0.222. The van der Waals surface area contributed by atoms with Crippen molar-refractivity contribution in [2.75, 3.05) is 26.1 Å². The van der Waals surface area contributed by atoms with Gasteiger partial charge in [-0.1, -0.05) is 12.1 Å². The van der Waals surface area contributed by atoms with E-state index in [2.05, 4.69) is 10.6 Å². The highest BCUT2D eigenvalue weighted by Crippen LogP contribution is 2.41. The SMILES string of the molecule is COc1cc2c(cc1OC)/C(=C/c1ccc(OC(=O)CCCCNC(=O)OC(C)(C)C)cc1)C(=O)N2. The van der Waals surface area contributed by atoms with Gasteiger partial charge in [0.1, 0.15) is 11.4 Å². The predicted octanol–water partition coefficient (Wildman–Crippen LogP) is 4.80. The maximum absolute atomic E-state index is 12.5. The fraction of sp³-hybridized carbons (Fsp3) is 0.370. The molecule has 0 radical (unpaired) electrons. The van der Waals surface area contributed by atoms with Crippen LogP contribution in [0.5, 0.6) is 17.2 Å². The van der Waals surface area contributed by atoms with Crippen LogP contribution in [0.15, 0.2) is 36.4 Å². The molecule has 9 heteroatoms. The van der Waals surface area contributed by atoms with E-state index in [4.69, 9.17) is 18.9 Å². The molecule has 1 heterocycles. The number of benzene rings is 2. The Kier molecular flexibility index (Phi) is 8.58. The van der Waals surface area contributed by atoms with Crippen LogP contribution < -0.4 is 24.8 Å². The van der Waals surface area contributed by atoms with Crippen molar-refractivity contribution in [3.63, 3.8) is 0 Å². The van der Waals surface area contributed by atoms with E-state index in [1.807, 2.05) is 0 Å². The molecule has 0 aromatic heterocycles. The van der Waals surface area contributed by atoms with Crippen molar-refractivity contribution in [2.45, 2.75) is 45.6 Å². The number of ether oxygens (including phenoxy) is 4. The fourth-order valence-corrected chi connectivity index (χ4v) is 3.54. The average Bonchev–Trinajstić information content (AvgIpc) is 3.11. The van der Waals surface area contributed by atoms with Gasteiger partial charge in [0, 0.05) is 30.2 Å². The highest BCUT2D eigenvalue weighted by atomic mass is 16.6. The lowest BCUT2D eigenvalue weighted by Crippen LogP contribution is -2.33. The lowest BCUT2D eigenvalue weighted by atomic mass is 10.0. The van der Waals surface area contributed by atoms with Crippen molar-refractivity contribution in [1.82, 2.24) is 5.32 Å². The topological polar surface area (TPSA) is 112 Å². The highest BCUT2D eigenvalue weighted by Gasteiger charge is 2.26. The second-order valence-corrected chi connectivity index (χ2v) is 9.19. The van der Waals surface area contributed by atoms with E-state index in [0.717, 1.165) is 5.56 Å². The van der Waals surface area contributed by atoms with Gasteiger partial charge in [-0.3, -0.25) is 9.59 Å². The molecular weight excluding hydrogens is 464 g/mol. The van der Waals surface area contributed by atoms with Gasteiger partial charge in [-0.2, -0.15) is 0 Å². The zero-order valence-corrected chi connectivity index (χ0v) is 21.2. The number of carbonyl (C=O) groups is 3. The molecule has 1 aliphatic heterocycles. The van der Waals surface area contributed by atoms with Gasteiger partial charge < -0.3 is 29.6 Å². The number of esters is 1. The number of amides is 2. The van der Waals surface area contributed by atoms with Crippen LogP contribution in [0.25, 0.3) is 11.6 Å². The van der Waals surface area contributed by atoms with Crippen molar-refractivity contribution >= 4 is 35.3 Å². The number of fused-ring (bicyclic) bond motifs is 1. The summed E-state index contributed by atoms with van der Waals surface area (Å²) >= 11 is 0. The van der Waals surface area contributed by atoms with Crippen LogP contribution in [0, 0.1) is 0 Å². The van der Waals surface area contributed by atoms with Crippen LogP contribution in [0.1, 0.15) is 51.2 Å². The molecule has 0 bridgehead atoms. The summed E-state index contributed by atoms with van der Waals surface area (Å²) in [6.45, 7) is 5.81. The standard InChI is InChI=1S/C27H32N2O7/c1-27(2,3)36-26(32)28-13-7-6-8-24(30)35-18-11-9-17(10-12-18)14-20-19-15-22(33-4)23(34-5)16-21(19)29-25(20)31/h9-12,14-16H,6-8,13H2,1-5H3,(H,28,32)(H,29,31)/b20-14-. The van der Waals surface area contributed by atoms with Gasteiger partial charge in [0.2, 0.25) is 0 Å². The van der Waals surface area contributed by atoms with E-state index in [1.165, 1.54) is 7.11 Å². The lowest BCUT2D eigenvalue weighted by Gasteiger charge is -2.19. The molecule has 1 aliphatic rings. The first-order chi connectivity index (χ1) is 17.1. The lowest BCUT2D eigenvalue weighted by molar-refractivity contribution is -0.134. The van der Waals surface area contributed by atoms with E-state index in [9.17, 15) is 14.4 Å². The first-order valence-electron chi connectivity index (χ1n) is 11.7.